The molecule has 0 aromatic carbocycles. The van der Waals surface area contributed by atoms with Crippen LogP contribution in [0.25, 0.3) is 0 Å². The number of rotatable bonds is 7. The van der Waals surface area contributed by atoms with Crippen LogP contribution in [0.1, 0.15) is 39.0 Å². The molecule has 0 aromatic heterocycles. The number of ether oxygens (including phenoxy) is 1. The molecule has 3 nitrogen and oxygen atoms in total. The number of likely N-dealkylation sites (N-methyl/N-ethyl adjacent to an activating group) is 1. The Morgan fingerprint density at radius 1 is 1.29 bits per heavy atom. The molecular formula is C14H30N2O. The summed E-state index contributed by atoms with van der Waals surface area (Å²) in [5.74, 6) is 0. The molecule has 1 rings (SSSR count). The Hall–Kier alpha value is -0.120. The van der Waals surface area contributed by atoms with E-state index in [1.807, 2.05) is 0 Å². The largest absolute Gasteiger partial charge is 0.383 e. The van der Waals surface area contributed by atoms with Crippen molar-refractivity contribution < 1.29 is 4.74 Å². The summed E-state index contributed by atoms with van der Waals surface area (Å²) in [6.07, 6.45) is 6.96. The third kappa shape index (κ3) is 4.57. The maximum Gasteiger partial charge on any atom is 0.0615 e. The third-order valence-corrected chi connectivity index (χ3v) is 4.21. The van der Waals surface area contributed by atoms with Crippen LogP contribution in [-0.4, -0.2) is 51.8 Å². The van der Waals surface area contributed by atoms with Crippen LogP contribution in [0.4, 0.5) is 0 Å². The summed E-state index contributed by atoms with van der Waals surface area (Å²) in [5, 5.41) is 3.40. The van der Waals surface area contributed by atoms with Crippen molar-refractivity contribution in [2.75, 3.05) is 40.9 Å². The molecule has 0 amide bonds. The molecule has 1 N–H and O–H groups in total. The Bertz CT molecular complexity index is 197. The number of nitrogens with one attached hydrogen (secondary N) is 1. The van der Waals surface area contributed by atoms with Gasteiger partial charge in [0.15, 0.2) is 0 Å². The van der Waals surface area contributed by atoms with Crippen LogP contribution in [-0.2, 0) is 4.74 Å². The first-order valence-electron chi connectivity index (χ1n) is 6.97. The number of nitrogens with zero attached hydrogens (tertiary/aromatic N) is 1. The van der Waals surface area contributed by atoms with Gasteiger partial charge in [-0.1, -0.05) is 19.3 Å². The Labute approximate surface area is 107 Å². The lowest BCUT2D eigenvalue weighted by Crippen LogP contribution is -2.46. The molecule has 0 radical (unpaired) electrons. The van der Waals surface area contributed by atoms with Gasteiger partial charge < -0.3 is 15.0 Å². The highest BCUT2D eigenvalue weighted by Gasteiger charge is 2.33. The minimum atomic E-state index is 0.490. The van der Waals surface area contributed by atoms with E-state index in [4.69, 9.17) is 4.74 Å². The van der Waals surface area contributed by atoms with Gasteiger partial charge in [0.1, 0.15) is 0 Å². The highest BCUT2D eigenvalue weighted by Crippen LogP contribution is 2.36. The predicted molar refractivity (Wildman–Crippen MR) is 73.4 cm³/mol. The monoisotopic (exact) mass is 242 g/mol. The molecule has 0 bridgehead atoms. The Kier molecular flexibility index (Phi) is 6.45. The molecule has 1 atom stereocenters. The van der Waals surface area contributed by atoms with E-state index in [0.717, 1.165) is 13.2 Å². The first-order valence-corrected chi connectivity index (χ1v) is 6.97. The molecular weight excluding hydrogens is 212 g/mol. The van der Waals surface area contributed by atoms with Gasteiger partial charge in [0, 0.05) is 26.2 Å². The van der Waals surface area contributed by atoms with Crippen LogP contribution < -0.4 is 5.32 Å². The summed E-state index contributed by atoms with van der Waals surface area (Å²) < 4.78 is 5.25. The molecule has 102 valence electrons. The highest BCUT2D eigenvalue weighted by molar-refractivity contribution is 4.87. The third-order valence-electron chi connectivity index (χ3n) is 4.21. The standard InChI is InChI=1S/C14H30N2O/c1-13(10-17-4)16(3)12-14(11-15-2)8-6-5-7-9-14/h13,15H,5-12H2,1-4H3. The summed E-state index contributed by atoms with van der Waals surface area (Å²) in [6, 6.07) is 0.510. The van der Waals surface area contributed by atoms with Gasteiger partial charge in [-0.05, 0) is 39.3 Å². The van der Waals surface area contributed by atoms with Gasteiger partial charge in [0.2, 0.25) is 0 Å². The minimum Gasteiger partial charge on any atom is -0.383 e. The van der Waals surface area contributed by atoms with E-state index >= 15 is 0 Å². The number of methoxy groups -OCH3 is 1. The predicted octanol–water partition coefficient (Wildman–Crippen LogP) is 2.12. The van der Waals surface area contributed by atoms with Gasteiger partial charge >= 0.3 is 0 Å². The lowest BCUT2D eigenvalue weighted by atomic mass is 9.73. The molecule has 1 fully saturated rings. The van der Waals surface area contributed by atoms with Gasteiger partial charge in [0.05, 0.1) is 6.61 Å². The summed E-state index contributed by atoms with van der Waals surface area (Å²) in [6.45, 7) is 5.42. The lowest BCUT2D eigenvalue weighted by Gasteiger charge is -2.41. The van der Waals surface area contributed by atoms with E-state index in [1.54, 1.807) is 7.11 Å². The van der Waals surface area contributed by atoms with Crippen LogP contribution >= 0.6 is 0 Å². The van der Waals surface area contributed by atoms with Crippen molar-refractivity contribution in [3.05, 3.63) is 0 Å². The van der Waals surface area contributed by atoms with E-state index in [0.29, 0.717) is 11.5 Å². The van der Waals surface area contributed by atoms with Crippen molar-refractivity contribution in [2.24, 2.45) is 5.41 Å². The molecule has 1 aliphatic carbocycles. The second kappa shape index (κ2) is 7.34. The average Bonchev–Trinajstić information content (AvgIpc) is 2.30. The SMILES string of the molecule is CNCC1(CN(C)C(C)COC)CCCCC1. The summed E-state index contributed by atoms with van der Waals surface area (Å²) in [5.41, 5.74) is 0.490. The van der Waals surface area contributed by atoms with Crippen LogP contribution in [0.2, 0.25) is 0 Å². The van der Waals surface area contributed by atoms with Crippen molar-refractivity contribution in [3.8, 4) is 0 Å². The van der Waals surface area contributed by atoms with E-state index in [-0.39, 0.29) is 0 Å². The Balaban J connectivity index is 2.52. The molecule has 1 aliphatic rings. The summed E-state index contributed by atoms with van der Waals surface area (Å²) >= 11 is 0. The van der Waals surface area contributed by atoms with Gasteiger partial charge in [-0.25, -0.2) is 0 Å². The molecule has 1 unspecified atom stereocenters. The fourth-order valence-electron chi connectivity index (χ4n) is 3.12. The first-order chi connectivity index (χ1) is 8.13. The normalized spacial score (nSPS) is 21.7. The fourth-order valence-corrected chi connectivity index (χ4v) is 3.12. The molecule has 0 spiro atoms. The van der Waals surface area contributed by atoms with E-state index in [1.165, 1.54) is 38.6 Å². The van der Waals surface area contributed by atoms with Crippen molar-refractivity contribution in [1.29, 1.82) is 0 Å². The van der Waals surface area contributed by atoms with Gasteiger partial charge in [-0.3, -0.25) is 0 Å². The first kappa shape index (κ1) is 14.9. The molecule has 0 heterocycles. The Morgan fingerprint density at radius 3 is 2.47 bits per heavy atom. The van der Waals surface area contributed by atoms with E-state index < -0.39 is 0 Å². The van der Waals surface area contributed by atoms with Crippen molar-refractivity contribution in [3.63, 3.8) is 0 Å². The fraction of sp³-hybridized carbons (Fsp3) is 1.00. The van der Waals surface area contributed by atoms with Gasteiger partial charge in [0.25, 0.3) is 0 Å². The van der Waals surface area contributed by atoms with Crippen molar-refractivity contribution >= 4 is 0 Å². The summed E-state index contributed by atoms with van der Waals surface area (Å²) in [7, 11) is 6.10. The van der Waals surface area contributed by atoms with Crippen LogP contribution in [0.3, 0.4) is 0 Å². The van der Waals surface area contributed by atoms with Crippen LogP contribution in [0, 0.1) is 5.41 Å². The van der Waals surface area contributed by atoms with Gasteiger partial charge in [-0.2, -0.15) is 0 Å². The van der Waals surface area contributed by atoms with Gasteiger partial charge in [-0.15, -0.1) is 0 Å². The van der Waals surface area contributed by atoms with E-state index in [9.17, 15) is 0 Å². The molecule has 1 saturated carbocycles. The topological polar surface area (TPSA) is 24.5 Å². The van der Waals surface area contributed by atoms with Crippen molar-refractivity contribution in [1.82, 2.24) is 10.2 Å². The summed E-state index contributed by atoms with van der Waals surface area (Å²) in [4.78, 5) is 2.46. The zero-order valence-electron chi connectivity index (χ0n) is 12.1. The van der Waals surface area contributed by atoms with Crippen LogP contribution in [0.5, 0.6) is 0 Å². The maximum atomic E-state index is 5.25. The molecule has 3 heteroatoms. The number of hydrogen-bond acceptors (Lipinski definition) is 3. The molecule has 0 aliphatic heterocycles. The second-order valence-electron chi connectivity index (χ2n) is 5.81. The molecule has 0 aromatic rings. The zero-order chi connectivity index (χ0) is 12.7. The Morgan fingerprint density at radius 2 is 1.94 bits per heavy atom. The second-order valence-corrected chi connectivity index (χ2v) is 5.81. The maximum absolute atomic E-state index is 5.25. The smallest absolute Gasteiger partial charge is 0.0615 e. The number of hydrogen-bond donors (Lipinski definition) is 1. The van der Waals surface area contributed by atoms with E-state index in [2.05, 4.69) is 31.2 Å². The molecule has 0 saturated heterocycles. The average molecular weight is 242 g/mol. The molecule has 17 heavy (non-hydrogen) atoms. The quantitative estimate of drug-likeness (QED) is 0.740. The zero-order valence-corrected chi connectivity index (χ0v) is 12.1. The highest BCUT2D eigenvalue weighted by atomic mass is 16.5. The van der Waals surface area contributed by atoms with Crippen LogP contribution in [0.15, 0.2) is 0 Å². The lowest BCUT2D eigenvalue weighted by molar-refractivity contribution is 0.0624. The minimum absolute atomic E-state index is 0.490. The van der Waals surface area contributed by atoms with Crippen molar-refractivity contribution in [2.45, 2.75) is 45.1 Å².